The summed E-state index contributed by atoms with van der Waals surface area (Å²) in [7, 11) is 4.09. The average molecular weight is 1160 g/mol. The lowest BCUT2D eigenvalue weighted by molar-refractivity contribution is -0.356. The van der Waals surface area contributed by atoms with Crippen LogP contribution < -0.4 is 5.32 Å². The lowest BCUT2D eigenvalue weighted by atomic mass is 9.49. The van der Waals surface area contributed by atoms with E-state index in [0.717, 1.165) is 45.1 Å². The van der Waals surface area contributed by atoms with Crippen LogP contribution in [0.5, 0.6) is 0 Å². The minimum atomic E-state index is -1.15. The third kappa shape index (κ3) is 20.6. The quantitative estimate of drug-likeness (QED) is 0.0505. The van der Waals surface area contributed by atoms with Gasteiger partial charge in [-0.25, -0.2) is 0 Å². The van der Waals surface area contributed by atoms with E-state index in [4.69, 9.17) is 14.3 Å². The second-order valence-corrected chi connectivity index (χ2v) is 30.9. The van der Waals surface area contributed by atoms with Gasteiger partial charge in [-0.15, -0.1) is 0 Å². The number of ketones is 1. The van der Waals surface area contributed by atoms with Crippen molar-refractivity contribution < 1.29 is 33.5 Å². The molecule has 1 aromatic rings. The number of hydrogen-bond acceptors (Lipinski definition) is 9. The van der Waals surface area contributed by atoms with Crippen molar-refractivity contribution in [2.75, 3.05) is 40.4 Å². The van der Waals surface area contributed by atoms with Gasteiger partial charge >= 0.3 is 11.9 Å². The summed E-state index contributed by atoms with van der Waals surface area (Å²) in [5.41, 5.74) is -5.23. The third-order valence-corrected chi connectivity index (χ3v) is 22.6. The van der Waals surface area contributed by atoms with Gasteiger partial charge in [-0.2, -0.15) is 5.06 Å². The molecule has 7 atom stereocenters. The van der Waals surface area contributed by atoms with Crippen LogP contribution in [0, 0.1) is 50.2 Å². The Hall–Kier alpha value is -2.82. The number of piperidine rings is 1. The first-order chi connectivity index (χ1) is 38.5. The molecule has 1 aromatic carbocycles. The largest absolute Gasteiger partial charge is 0.465 e. The van der Waals surface area contributed by atoms with Crippen LogP contribution in [0.2, 0.25) is 0 Å². The van der Waals surface area contributed by atoms with E-state index in [1.165, 1.54) is 76.2 Å². The molecule has 0 aliphatic carbocycles. The second kappa shape index (κ2) is 33.5. The molecule has 2 rings (SSSR count). The molecule has 1 amide bonds. The first-order valence-corrected chi connectivity index (χ1v) is 33.8. The number of amides is 1. The highest BCUT2D eigenvalue weighted by atomic mass is 16.7. The number of hydroxylamine groups is 2. The minimum absolute atomic E-state index is 0.0992. The molecule has 1 saturated heterocycles. The van der Waals surface area contributed by atoms with Gasteiger partial charge in [0, 0.05) is 18.9 Å². The summed E-state index contributed by atoms with van der Waals surface area (Å²) in [6.45, 7) is 47.8. The van der Waals surface area contributed by atoms with Crippen molar-refractivity contribution in [3.63, 3.8) is 0 Å². The number of unbranched alkanes of at least 4 members (excludes halogenated alkanes) is 14. The molecule has 83 heavy (non-hydrogen) atoms. The first kappa shape index (κ1) is 76.3. The number of Topliss-reactive ketones (excluding diaryl/α,β-unsaturated/α-hetero) is 1. The summed E-state index contributed by atoms with van der Waals surface area (Å²) in [6, 6.07) is 10.6. The number of carbonyl (C=O) groups excluding carboxylic acids is 4. The Morgan fingerprint density at radius 3 is 1.57 bits per heavy atom. The van der Waals surface area contributed by atoms with Crippen LogP contribution in [-0.4, -0.2) is 90.7 Å². The minimum Gasteiger partial charge on any atom is -0.465 e. The monoisotopic (exact) mass is 1160 g/mol. The van der Waals surface area contributed by atoms with Crippen LogP contribution in [0.4, 0.5) is 0 Å². The van der Waals surface area contributed by atoms with Crippen molar-refractivity contribution >= 4 is 23.6 Å². The maximum atomic E-state index is 15.5. The lowest BCUT2D eigenvalue weighted by Gasteiger charge is -2.60. The topological polar surface area (TPSA) is 114 Å². The number of carbonyl (C=O) groups is 4. The van der Waals surface area contributed by atoms with Gasteiger partial charge in [0.2, 0.25) is 5.91 Å². The van der Waals surface area contributed by atoms with Crippen LogP contribution in [0.15, 0.2) is 30.3 Å². The Balaban J connectivity index is 2.75. The van der Waals surface area contributed by atoms with Crippen LogP contribution in [0.3, 0.4) is 0 Å². The molecule has 0 spiro atoms. The van der Waals surface area contributed by atoms with Crippen LogP contribution in [-0.2, 0) is 33.5 Å². The summed E-state index contributed by atoms with van der Waals surface area (Å²) >= 11 is 0. The van der Waals surface area contributed by atoms with Gasteiger partial charge < -0.3 is 19.7 Å². The van der Waals surface area contributed by atoms with Crippen molar-refractivity contribution in [2.24, 2.45) is 50.2 Å². The molecule has 0 bridgehead atoms. The fourth-order valence-electron chi connectivity index (χ4n) is 13.3. The summed E-state index contributed by atoms with van der Waals surface area (Å²) in [4.78, 5) is 69.3. The fourth-order valence-corrected chi connectivity index (χ4v) is 13.3. The molecule has 7 unspecified atom stereocenters. The van der Waals surface area contributed by atoms with Crippen molar-refractivity contribution in [2.45, 2.75) is 316 Å². The van der Waals surface area contributed by atoms with Crippen LogP contribution in [0.25, 0.3) is 0 Å². The van der Waals surface area contributed by atoms with E-state index in [2.05, 4.69) is 178 Å². The number of nitrogens with one attached hydrogen (secondary N) is 1. The molecule has 0 radical (unpaired) electrons. The van der Waals surface area contributed by atoms with Crippen LogP contribution >= 0.6 is 0 Å². The number of rotatable bonds is 42. The van der Waals surface area contributed by atoms with Gasteiger partial charge in [0.1, 0.15) is 5.78 Å². The summed E-state index contributed by atoms with van der Waals surface area (Å²) in [6.07, 6.45) is 23.1. The van der Waals surface area contributed by atoms with Crippen molar-refractivity contribution in [3.8, 4) is 0 Å². The first-order valence-electron chi connectivity index (χ1n) is 33.8. The molecular formula is C73H133N3O7. The number of esters is 2. The molecule has 1 aliphatic rings. The Morgan fingerprint density at radius 1 is 0.639 bits per heavy atom. The summed E-state index contributed by atoms with van der Waals surface area (Å²) < 4.78 is 12.8. The van der Waals surface area contributed by atoms with Crippen molar-refractivity contribution in [1.82, 2.24) is 15.3 Å². The van der Waals surface area contributed by atoms with Crippen molar-refractivity contribution in [1.29, 1.82) is 0 Å². The average Bonchev–Trinajstić information content (AvgIpc) is 1.69. The van der Waals surface area contributed by atoms with E-state index in [0.29, 0.717) is 58.3 Å². The standard InChI is InChI=1S/C73H133N3O7/c1-24-28-30-31-32-33-34-35-36-37-38-39-40-44-51-82-63(79)60(53-66(9,10)68(13,14)59(62(78)81-50-29-25-2)52-65(7,8)56(5)58-46-42-41-43-47-58)69(15,16)67(11,12)55-72(20,64(80)74-48-45-49-75(22)23)70(17,18)83-76-71(19,26-3)54-61(77)57(6)73(76,21)27-4/h41-43,46-47,56-57,59-60H,24-40,44-45,48-55H2,1-23H3,(H,74,80). The van der Waals surface area contributed by atoms with E-state index < -0.39 is 55.6 Å². The number of hydrogen-bond donors (Lipinski definition) is 1. The van der Waals surface area contributed by atoms with Gasteiger partial charge in [-0.1, -0.05) is 231 Å². The highest BCUT2D eigenvalue weighted by molar-refractivity contribution is 5.85. The molecule has 1 aliphatic heterocycles. The molecular weight excluding hydrogens is 1030 g/mol. The molecule has 10 nitrogen and oxygen atoms in total. The molecule has 1 fully saturated rings. The Bertz CT molecular complexity index is 2080. The maximum Gasteiger partial charge on any atom is 0.309 e. The zero-order chi connectivity index (χ0) is 63.3. The second-order valence-electron chi connectivity index (χ2n) is 30.9. The van der Waals surface area contributed by atoms with E-state index in [9.17, 15) is 9.59 Å². The zero-order valence-electron chi connectivity index (χ0n) is 58.5. The highest BCUT2D eigenvalue weighted by Crippen LogP contribution is 2.60. The van der Waals surface area contributed by atoms with Gasteiger partial charge in [-0.3, -0.25) is 24.0 Å². The number of ether oxygens (including phenoxy) is 2. The Kier molecular flexibility index (Phi) is 30.8. The van der Waals surface area contributed by atoms with Gasteiger partial charge in [0.25, 0.3) is 0 Å². The van der Waals surface area contributed by atoms with E-state index in [1.807, 2.05) is 27.1 Å². The van der Waals surface area contributed by atoms with Gasteiger partial charge in [-0.05, 0) is 145 Å². The predicted molar refractivity (Wildman–Crippen MR) is 349 cm³/mol. The fraction of sp³-hybridized carbons (Fsp3) is 0.863. The van der Waals surface area contributed by atoms with Crippen LogP contribution in [0.1, 0.15) is 305 Å². The van der Waals surface area contributed by atoms with E-state index >= 15 is 9.59 Å². The molecule has 0 aromatic heterocycles. The summed E-state index contributed by atoms with van der Waals surface area (Å²) in [5.74, 6) is -1.49. The maximum absolute atomic E-state index is 15.5. The Labute approximate surface area is 512 Å². The summed E-state index contributed by atoms with van der Waals surface area (Å²) in [5, 5.41) is 5.51. The van der Waals surface area contributed by atoms with E-state index in [1.54, 1.807) is 0 Å². The predicted octanol–water partition coefficient (Wildman–Crippen LogP) is 18.7. The lowest BCUT2D eigenvalue weighted by Crippen LogP contribution is -2.70. The van der Waals surface area contributed by atoms with E-state index in [-0.39, 0.29) is 40.9 Å². The number of nitrogens with zero attached hydrogens (tertiary/aromatic N) is 2. The normalized spacial score (nSPS) is 20.7. The third-order valence-electron chi connectivity index (χ3n) is 22.6. The molecule has 0 saturated carbocycles. The molecule has 1 heterocycles. The smallest absolute Gasteiger partial charge is 0.309 e. The number of benzene rings is 1. The molecule has 10 heteroatoms. The van der Waals surface area contributed by atoms with Crippen molar-refractivity contribution in [3.05, 3.63) is 35.9 Å². The molecule has 1 N–H and O–H groups in total. The zero-order valence-corrected chi connectivity index (χ0v) is 58.5. The van der Waals surface area contributed by atoms with Gasteiger partial charge in [0.15, 0.2) is 0 Å². The highest BCUT2D eigenvalue weighted by Gasteiger charge is 2.62. The van der Waals surface area contributed by atoms with Gasteiger partial charge in [0.05, 0.1) is 47.1 Å². The Morgan fingerprint density at radius 2 is 1.10 bits per heavy atom. The SMILES string of the molecule is CCCCCCCCCCCCCCCCOC(=O)C(CC(C)(C)C(C)(C)C(CC(C)(C)C(C)c1ccccc1)C(=O)OCCCC)C(C)(C)C(C)(C)CC(C)(C(=O)NCCCN(C)C)C(C)(C)ON1C(C)(CC)CC(=O)C(C)C1(C)CC. The molecule has 482 valence electrons.